The summed E-state index contributed by atoms with van der Waals surface area (Å²) in [4.78, 5) is 27.7. The highest BCUT2D eigenvalue weighted by Gasteiger charge is 2.28. The van der Waals surface area contributed by atoms with Gasteiger partial charge in [0, 0.05) is 46.7 Å². The van der Waals surface area contributed by atoms with E-state index in [1.54, 1.807) is 50.2 Å². The monoisotopic (exact) mass is 589 g/mol. The van der Waals surface area contributed by atoms with Crippen LogP contribution in [0.15, 0.2) is 36.4 Å². The van der Waals surface area contributed by atoms with Crippen LogP contribution in [0.3, 0.4) is 0 Å². The molecule has 0 aliphatic heterocycles. The highest BCUT2D eigenvalue weighted by molar-refractivity contribution is 7.92. The molecule has 0 unspecified atom stereocenters. The zero-order chi connectivity index (χ0) is 27.9. The number of amides is 2. The van der Waals surface area contributed by atoms with E-state index in [0.29, 0.717) is 38.4 Å². The molecule has 2 amide bonds. The SMILES string of the molecule is Cc1c(Cl)cccc1N(CCCC(=O)N(Cc1c(Cl)cccc1Cl)[C@@H](C)C(=O)NCC(C)C)S(C)(=O)=O. The summed E-state index contributed by atoms with van der Waals surface area (Å²) < 4.78 is 26.3. The van der Waals surface area contributed by atoms with Gasteiger partial charge in [0.1, 0.15) is 6.04 Å². The average molecular weight is 591 g/mol. The van der Waals surface area contributed by atoms with Crippen LogP contribution in [-0.2, 0) is 26.2 Å². The van der Waals surface area contributed by atoms with Gasteiger partial charge in [0.05, 0.1) is 11.9 Å². The van der Waals surface area contributed by atoms with Crippen molar-refractivity contribution in [3.63, 3.8) is 0 Å². The normalized spacial score (nSPS) is 12.4. The Bertz CT molecular complexity index is 1200. The quantitative estimate of drug-likeness (QED) is 0.344. The highest BCUT2D eigenvalue weighted by atomic mass is 35.5. The summed E-state index contributed by atoms with van der Waals surface area (Å²) in [5.41, 5.74) is 1.63. The van der Waals surface area contributed by atoms with Crippen molar-refractivity contribution >= 4 is 62.3 Å². The van der Waals surface area contributed by atoms with Gasteiger partial charge in [0.15, 0.2) is 0 Å². The third-order valence-electron chi connectivity index (χ3n) is 5.90. The number of nitrogens with zero attached hydrogens (tertiary/aromatic N) is 2. The minimum atomic E-state index is -3.63. The first-order valence-corrected chi connectivity index (χ1v) is 14.9. The fourth-order valence-electron chi connectivity index (χ4n) is 3.74. The first-order chi connectivity index (χ1) is 17.2. The largest absolute Gasteiger partial charge is 0.354 e. The van der Waals surface area contributed by atoms with Crippen molar-refractivity contribution in [2.75, 3.05) is 23.7 Å². The molecule has 2 rings (SSSR count). The molecule has 0 heterocycles. The summed E-state index contributed by atoms with van der Waals surface area (Å²) in [6.07, 6.45) is 1.35. The molecular formula is C26H34Cl3N3O4S. The maximum Gasteiger partial charge on any atom is 0.242 e. The first-order valence-electron chi connectivity index (χ1n) is 12.0. The second-order valence-corrected chi connectivity index (χ2v) is 12.5. The molecule has 2 aromatic carbocycles. The summed E-state index contributed by atoms with van der Waals surface area (Å²) in [5.74, 6) is -0.368. The summed E-state index contributed by atoms with van der Waals surface area (Å²) in [6.45, 7) is 7.93. The molecule has 0 saturated heterocycles. The van der Waals surface area contributed by atoms with Gasteiger partial charge in [-0.2, -0.15) is 0 Å². The van der Waals surface area contributed by atoms with Gasteiger partial charge in [-0.25, -0.2) is 8.42 Å². The van der Waals surface area contributed by atoms with Gasteiger partial charge in [-0.05, 0) is 56.0 Å². The average Bonchev–Trinajstić information content (AvgIpc) is 2.81. The Morgan fingerprint density at radius 3 is 2.11 bits per heavy atom. The number of carbonyl (C=O) groups is 2. The number of carbonyl (C=O) groups excluding carboxylic acids is 2. The van der Waals surface area contributed by atoms with E-state index in [0.717, 1.165) is 6.26 Å². The number of sulfonamides is 1. The Labute approximate surface area is 235 Å². The van der Waals surface area contributed by atoms with Crippen LogP contribution in [0.25, 0.3) is 0 Å². The van der Waals surface area contributed by atoms with E-state index in [9.17, 15) is 18.0 Å². The topological polar surface area (TPSA) is 86.8 Å². The molecule has 1 atom stereocenters. The molecule has 0 fully saturated rings. The third kappa shape index (κ3) is 8.77. The van der Waals surface area contributed by atoms with E-state index in [1.165, 1.54) is 9.21 Å². The Hall–Kier alpha value is -2.00. The molecule has 2 aromatic rings. The molecule has 204 valence electrons. The zero-order valence-corrected chi connectivity index (χ0v) is 24.8. The van der Waals surface area contributed by atoms with Gasteiger partial charge >= 0.3 is 0 Å². The highest BCUT2D eigenvalue weighted by Crippen LogP contribution is 2.29. The maximum absolute atomic E-state index is 13.4. The van der Waals surface area contributed by atoms with E-state index >= 15 is 0 Å². The van der Waals surface area contributed by atoms with Crippen molar-refractivity contribution < 1.29 is 18.0 Å². The zero-order valence-electron chi connectivity index (χ0n) is 21.7. The Morgan fingerprint density at radius 1 is 0.973 bits per heavy atom. The van der Waals surface area contributed by atoms with Crippen LogP contribution < -0.4 is 9.62 Å². The molecule has 0 spiro atoms. The number of anilines is 1. The number of hydrogen-bond donors (Lipinski definition) is 1. The van der Waals surface area contributed by atoms with Crippen molar-refractivity contribution in [2.45, 2.75) is 53.1 Å². The number of halogens is 3. The number of hydrogen-bond acceptors (Lipinski definition) is 4. The van der Waals surface area contributed by atoms with Crippen molar-refractivity contribution in [1.82, 2.24) is 10.2 Å². The number of benzene rings is 2. The maximum atomic E-state index is 13.4. The van der Waals surface area contributed by atoms with Crippen LogP contribution >= 0.6 is 34.8 Å². The van der Waals surface area contributed by atoms with E-state index in [4.69, 9.17) is 34.8 Å². The lowest BCUT2D eigenvalue weighted by molar-refractivity contribution is -0.140. The Morgan fingerprint density at radius 2 is 1.54 bits per heavy atom. The molecule has 11 heteroatoms. The molecule has 0 aliphatic rings. The van der Waals surface area contributed by atoms with Crippen LogP contribution in [0.4, 0.5) is 5.69 Å². The Kier molecular flexibility index (Phi) is 11.6. The third-order valence-corrected chi connectivity index (χ3v) is 8.20. The standard InChI is InChI=1S/C26H34Cl3N3O4S/c1-17(2)15-30-26(34)19(4)31(16-20-22(28)10-6-11-23(20)29)25(33)13-8-14-32(37(5,35)36)24-12-7-9-21(27)18(24)3/h6-7,9-12,17,19H,8,13-16H2,1-5H3,(H,30,34)/t19-/m0/s1. The summed E-state index contributed by atoms with van der Waals surface area (Å²) in [6, 6.07) is 9.31. The van der Waals surface area contributed by atoms with Crippen LogP contribution in [0.1, 0.15) is 44.7 Å². The van der Waals surface area contributed by atoms with Crippen molar-refractivity contribution in [3.8, 4) is 0 Å². The predicted molar refractivity (Wildman–Crippen MR) is 152 cm³/mol. The van der Waals surface area contributed by atoms with Crippen molar-refractivity contribution in [3.05, 3.63) is 62.6 Å². The van der Waals surface area contributed by atoms with Gasteiger partial charge in [0.2, 0.25) is 21.8 Å². The lowest BCUT2D eigenvalue weighted by Crippen LogP contribution is -2.48. The molecular weight excluding hydrogens is 557 g/mol. The van der Waals surface area contributed by atoms with Gasteiger partial charge in [-0.1, -0.05) is 60.8 Å². The van der Waals surface area contributed by atoms with Crippen LogP contribution in [0.2, 0.25) is 15.1 Å². The minimum Gasteiger partial charge on any atom is -0.354 e. The molecule has 37 heavy (non-hydrogen) atoms. The van der Waals surface area contributed by atoms with Crippen LogP contribution in [0.5, 0.6) is 0 Å². The fourth-order valence-corrected chi connectivity index (χ4v) is 5.44. The fraction of sp³-hybridized carbons (Fsp3) is 0.462. The van der Waals surface area contributed by atoms with Crippen molar-refractivity contribution in [1.29, 1.82) is 0 Å². The summed E-state index contributed by atoms with van der Waals surface area (Å²) in [5, 5.41) is 4.09. The van der Waals surface area contributed by atoms with E-state index < -0.39 is 16.1 Å². The van der Waals surface area contributed by atoms with Gasteiger partial charge in [0.25, 0.3) is 0 Å². The predicted octanol–water partition coefficient (Wildman–Crippen LogP) is 5.69. The van der Waals surface area contributed by atoms with Gasteiger partial charge < -0.3 is 10.2 Å². The molecule has 0 bridgehead atoms. The summed E-state index contributed by atoms with van der Waals surface area (Å²) in [7, 11) is -3.63. The van der Waals surface area contributed by atoms with E-state index in [-0.39, 0.29) is 43.7 Å². The minimum absolute atomic E-state index is 0.00943. The lowest BCUT2D eigenvalue weighted by atomic mass is 10.1. The Balaban J connectivity index is 2.25. The number of nitrogens with one attached hydrogen (secondary N) is 1. The lowest BCUT2D eigenvalue weighted by Gasteiger charge is -2.30. The second kappa shape index (κ2) is 13.7. The van der Waals surface area contributed by atoms with Crippen LogP contribution in [0, 0.1) is 12.8 Å². The van der Waals surface area contributed by atoms with E-state index in [2.05, 4.69) is 5.32 Å². The molecule has 0 aromatic heterocycles. The van der Waals surface area contributed by atoms with Gasteiger partial charge in [-0.3, -0.25) is 13.9 Å². The molecule has 7 nitrogen and oxygen atoms in total. The smallest absolute Gasteiger partial charge is 0.242 e. The van der Waals surface area contributed by atoms with Crippen LogP contribution in [-0.4, -0.2) is 50.5 Å². The molecule has 0 aliphatic carbocycles. The molecule has 0 saturated carbocycles. The van der Waals surface area contributed by atoms with Crippen molar-refractivity contribution in [2.24, 2.45) is 5.92 Å². The second-order valence-electron chi connectivity index (χ2n) is 9.36. The molecule has 0 radical (unpaired) electrons. The number of rotatable bonds is 12. The molecule has 1 N–H and O–H groups in total. The van der Waals surface area contributed by atoms with E-state index in [1.807, 2.05) is 13.8 Å². The summed E-state index contributed by atoms with van der Waals surface area (Å²) >= 11 is 18.9. The van der Waals surface area contributed by atoms with Gasteiger partial charge in [-0.15, -0.1) is 0 Å². The first kappa shape index (κ1) is 31.2.